The molecule has 3 saturated heterocycles. The second-order valence-electron chi connectivity index (χ2n) is 7.59. The van der Waals surface area contributed by atoms with Crippen molar-refractivity contribution in [2.24, 2.45) is 4.99 Å². The van der Waals surface area contributed by atoms with Gasteiger partial charge in [0.05, 0.1) is 18.2 Å². The summed E-state index contributed by atoms with van der Waals surface area (Å²) in [6.45, 7) is 4.38. The molecule has 5 nitrogen and oxygen atoms in total. The van der Waals surface area contributed by atoms with E-state index in [2.05, 4.69) is 44.8 Å². The highest BCUT2D eigenvalue weighted by Crippen LogP contribution is 2.34. The highest BCUT2D eigenvalue weighted by Gasteiger charge is 2.41. The van der Waals surface area contributed by atoms with Crippen LogP contribution in [0.3, 0.4) is 0 Å². The van der Waals surface area contributed by atoms with E-state index in [1.807, 2.05) is 7.05 Å². The number of fused-ring (bicyclic) bond motifs is 2. The SMILES string of the molecule is CN=C(NCc1ccc(CN2CCCC2)cc1)NC1CC2CCC1O2. The second kappa shape index (κ2) is 7.75. The Morgan fingerprint density at radius 3 is 2.56 bits per heavy atom. The van der Waals surface area contributed by atoms with Crippen molar-refractivity contribution in [1.82, 2.24) is 15.5 Å². The predicted octanol–water partition coefficient (Wildman–Crippen LogP) is 2.27. The van der Waals surface area contributed by atoms with Gasteiger partial charge < -0.3 is 15.4 Å². The van der Waals surface area contributed by atoms with E-state index in [1.54, 1.807) is 0 Å². The molecule has 0 aliphatic carbocycles. The summed E-state index contributed by atoms with van der Waals surface area (Å²) in [4.78, 5) is 6.91. The molecule has 0 radical (unpaired) electrons. The van der Waals surface area contributed by atoms with E-state index in [4.69, 9.17) is 4.74 Å². The van der Waals surface area contributed by atoms with E-state index in [9.17, 15) is 0 Å². The van der Waals surface area contributed by atoms with Crippen LogP contribution < -0.4 is 10.6 Å². The summed E-state index contributed by atoms with van der Waals surface area (Å²) >= 11 is 0. The molecule has 1 aromatic carbocycles. The molecule has 3 aliphatic heterocycles. The normalized spacial score (nSPS) is 29.3. The van der Waals surface area contributed by atoms with Crippen LogP contribution in [0, 0.1) is 0 Å². The molecule has 3 unspecified atom stereocenters. The van der Waals surface area contributed by atoms with Crippen molar-refractivity contribution in [2.45, 2.75) is 63.4 Å². The van der Waals surface area contributed by atoms with Crippen LogP contribution in [0.25, 0.3) is 0 Å². The van der Waals surface area contributed by atoms with Gasteiger partial charge in [-0.15, -0.1) is 0 Å². The van der Waals surface area contributed by atoms with Gasteiger partial charge in [-0.25, -0.2) is 0 Å². The number of ether oxygens (including phenoxy) is 1. The van der Waals surface area contributed by atoms with Gasteiger partial charge in [-0.1, -0.05) is 24.3 Å². The van der Waals surface area contributed by atoms with Crippen LogP contribution in [0.15, 0.2) is 29.3 Å². The highest BCUT2D eigenvalue weighted by atomic mass is 16.5. The second-order valence-corrected chi connectivity index (χ2v) is 7.59. The lowest BCUT2D eigenvalue weighted by Crippen LogP contribution is -2.47. The molecule has 3 fully saturated rings. The van der Waals surface area contributed by atoms with Crippen LogP contribution in [-0.4, -0.2) is 49.2 Å². The molecular formula is C20H30N4O. The van der Waals surface area contributed by atoms with Crippen molar-refractivity contribution in [3.63, 3.8) is 0 Å². The minimum atomic E-state index is 0.369. The van der Waals surface area contributed by atoms with Gasteiger partial charge in [-0.2, -0.15) is 0 Å². The van der Waals surface area contributed by atoms with Gasteiger partial charge in [0.1, 0.15) is 0 Å². The Morgan fingerprint density at radius 2 is 1.92 bits per heavy atom. The standard InChI is InChI=1S/C20H30N4O/c1-21-20(23-18-12-17-8-9-19(18)25-17)22-13-15-4-6-16(7-5-15)14-24-10-2-3-11-24/h4-7,17-19H,2-3,8-14H2,1H3,(H2,21,22,23). The smallest absolute Gasteiger partial charge is 0.191 e. The maximum absolute atomic E-state index is 5.91. The summed E-state index contributed by atoms with van der Waals surface area (Å²) in [5.41, 5.74) is 2.70. The Labute approximate surface area is 150 Å². The van der Waals surface area contributed by atoms with Crippen molar-refractivity contribution in [3.05, 3.63) is 35.4 Å². The first-order chi connectivity index (χ1) is 12.3. The molecular weight excluding hydrogens is 312 g/mol. The Hall–Kier alpha value is -1.59. The van der Waals surface area contributed by atoms with E-state index in [0.29, 0.717) is 18.2 Å². The van der Waals surface area contributed by atoms with Gasteiger partial charge in [0, 0.05) is 20.1 Å². The molecule has 0 amide bonds. The Morgan fingerprint density at radius 1 is 1.16 bits per heavy atom. The lowest BCUT2D eigenvalue weighted by Gasteiger charge is -2.22. The Kier molecular flexibility index (Phi) is 5.22. The number of nitrogens with zero attached hydrogens (tertiary/aromatic N) is 2. The third-order valence-electron chi connectivity index (χ3n) is 5.74. The van der Waals surface area contributed by atoms with Crippen LogP contribution in [0.2, 0.25) is 0 Å². The van der Waals surface area contributed by atoms with Crippen molar-refractivity contribution < 1.29 is 4.74 Å². The number of likely N-dealkylation sites (tertiary alicyclic amines) is 1. The van der Waals surface area contributed by atoms with Gasteiger partial charge >= 0.3 is 0 Å². The summed E-state index contributed by atoms with van der Waals surface area (Å²) in [5, 5.41) is 6.97. The first kappa shape index (κ1) is 16.9. The van der Waals surface area contributed by atoms with Crippen LogP contribution >= 0.6 is 0 Å². The number of hydrogen-bond donors (Lipinski definition) is 2. The lowest BCUT2D eigenvalue weighted by molar-refractivity contribution is 0.0992. The van der Waals surface area contributed by atoms with Gasteiger partial charge in [0.2, 0.25) is 0 Å². The molecule has 0 aromatic heterocycles. The van der Waals surface area contributed by atoms with Crippen LogP contribution in [0.4, 0.5) is 0 Å². The minimum absolute atomic E-state index is 0.369. The first-order valence-electron chi connectivity index (χ1n) is 9.73. The lowest BCUT2D eigenvalue weighted by atomic mass is 9.96. The van der Waals surface area contributed by atoms with Crippen molar-refractivity contribution >= 4 is 5.96 Å². The zero-order chi connectivity index (χ0) is 17.1. The maximum Gasteiger partial charge on any atom is 0.191 e. The fraction of sp³-hybridized carbons (Fsp3) is 0.650. The van der Waals surface area contributed by atoms with E-state index in [1.165, 1.54) is 49.9 Å². The third-order valence-corrected chi connectivity index (χ3v) is 5.74. The molecule has 136 valence electrons. The Bertz CT molecular complexity index is 594. The molecule has 2 N–H and O–H groups in total. The monoisotopic (exact) mass is 342 g/mol. The number of nitrogens with one attached hydrogen (secondary N) is 2. The van der Waals surface area contributed by atoms with Crippen molar-refractivity contribution in [2.75, 3.05) is 20.1 Å². The molecule has 4 rings (SSSR count). The molecule has 3 atom stereocenters. The van der Waals surface area contributed by atoms with Gasteiger partial charge in [-0.3, -0.25) is 9.89 Å². The molecule has 0 saturated carbocycles. The van der Waals surface area contributed by atoms with Gasteiger partial charge in [-0.05, 0) is 56.3 Å². The fourth-order valence-electron chi connectivity index (χ4n) is 4.31. The molecule has 0 spiro atoms. The average molecular weight is 342 g/mol. The van der Waals surface area contributed by atoms with Crippen LogP contribution in [0.1, 0.15) is 43.2 Å². The van der Waals surface area contributed by atoms with Gasteiger partial charge in [0.25, 0.3) is 0 Å². The number of guanidine groups is 1. The molecule has 5 heteroatoms. The number of benzene rings is 1. The zero-order valence-electron chi connectivity index (χ0n) is 15.2. The van der Waals surface area contributed by atoms with E-state index in [0.717, 1.165) is 25.5 Å². The summed E-state index contributed by atoms with van der Waals surface area (Å²) in [6, 6.07) is 9.39. The van der Waals surface area contributed by atoms with E-state index in [-0.39, 0.29) is 0 Å². The van der Waals surface area contributed by atoms with Crippen LogP contribution in [0.5, 0.6) is 0 Å². The third kappa shape index (κ3) is 4.15. The van der Waals surface area contributed by atoms with Crippen LogP contribution in [-0.2, 0) is 17.8 Å². The quantitative estimate of drug-likeness (QED) is 0.637. The predicted molar refractivity (Wildman–Crippen MR) is 101 cm³/mol. The number of rotatable bonds is 5. The molecule has 2 bridgehead atoms. The first-order valence-corrected chi connectivity index (χ1v) is 9.73. The molecule has 25 heavy (non-hydrogen) atoms. The van der Waals surface area contributed by atoms with Crippen molar-refractivity contribution in [3.8, 4) is 0 Å². The summed E-state index contributed by atoms with van der Waals surface area (Å²) < 4.78 is 5.91. The van der Waals surface area contributed by atoms with Crippen molar-refractivity contribution in [1.29, 1.82) is 0 Å². The largest absolute Gasteiger partial charge is 0.373 e. The summed E-state index contributed by atoms with van der Waals surface area (Å²) in [5.74, 6) is 0.877. The van der Waals surface area contributed by atoms with E-state index >= 15 is 0 Å². The Balaban J connectivity index is 1.25. The maximum atomic E-state index is 5.91. The fourth-order valence-corrected chi connectivity index (χ4v) is 4.31. The zero-order valence-corrected chi connectivity index (χ0v) is 15.2. The highest BCUT2D eigenvalue weighted by molar-refractivity contribution is 5.80. The molecule has 3 aliphatic rings. The number of hydrogen-bond acceptors (Lipinski definition) is 3. The van der Waals surface area contributed by atoms with Gasteiger partial charge in [0.15, 0.2) is 5.96 Å². The summed E-state index contributed by atoms with van der Waals surface area (Å²) in [6.07, 6.45) is 7.04. The molecule has 3 heterocycles. The summed E-state index contributed by atoms with van der Waals surface area (Å²) in [7, 11) is 1.84. The topological polar surface area (TPSA) is 48.9 Å². The number of aliphatic imine (C=N–C) groups is 1. The molecule has 1 aromatic rings. The van der Waals surface area contributed by atoms with E-state index < -0.39 is 0 Å². The minimum Gasteiger partial charge on any atom is -0.373 e. The average Bonchev–Trinajstić information content (AvgIpc) is 3.38.